The summed E-state index contributed by atoms with van der Waals surface area (Å²) in [6.45, 7) is 12.0. The summed E-state index contributed by atoms with van der Waals surface area (Å²) in [4.78, 5) is 17.7. The number of nitrogens with two attached hydrogens (primary N) is 1. The van der Waals surface area contributed by atoms with E-state index in [4.69, 9.17) is 10.2 Å². The van der Waals surface area contributed by atoms with Crippen molar-refractivity contribution in [3.63, 3.8) is 0 Å². The molecule has 1 atom stereocenters. The molecular weight excluding hydrogens is 392 g/mol. The average Bonchev–Trinajstić information content (AvgIpc) is 3.09. The Morgan fingerprint density at radius 3 is 2.50 bits per heavy atom. The number of benzene rings is 1. The van der Waals surface area contributed by atoms with E-state index in [9.17, 15) is 4.79 Å². The van der Waals surface area contributed by atoms with E-state index < -0.39 is 14.2 Å². The number of anilines is 1. The van der Waals surface area contributed by atoms with Crippen LogP contribution in [0.4, 0.5) is 5.69 Å². The number of rotatable bonds is 10. The predicted octanol–water partition coefficient (Wildman–Crippen LogP) is 4.46. The second kappa shape index (κ2) is 9.79. The molecule has 7 heteroatoms. The third kappa shape index (κ3) is 6.44. The van der Waals surface area contributed by atoms with E-state index in [1.807, 2.05) is 4.57 Å². The first-order valence-electron chi connectivity index (χ1n) is 10.7. The van der Waals surface area contributed by atoms with Crippen molar-refractivity contribution in [3.8, 4) is 0 Å². The molecule has 1 aromatic carbocycles. The van der Waals surface area contributed by atoms with Crippen molar-refractivity contribution in [2.75, 3.05) is 19.0 Å². The lowest BCUT2D eigenvalue weighted by atomic mass is 10.0. The molecule has 0 radical (unpaired) electrons. The van der Waals surface area contributed by atoms with Crippen LogP contribution < -0.4 is 10.6 Å². The molecule has 6 nitrogen and oxygen atoms in total. The number of amides is 1. The van der Waals surface area contributed by atoms with E-state index >= 15 is 0 Å². The highest BCUT2D eigenvalue weighted by molar-refractivity contribution is 6.74. The van der Waals surface area contributed by atoms with Crippen molar-refractivity contribution in [2.45, 2.75) is 70.8 Å². The lowest BCUT2D eigenvalue weighted by Gasteiger charge is -2.39. The van der Waals surface area contributed by atoms with Crippen LogP contribution in [0, 0.1) is 0 Å². The topological polar surface area (TPSA) is 73.4 Å². The molecule has 0 bridgehead atoms. The van der Waals surface area contributed by atoms with Gasteiger partial charge in [-0.2, -0.15) is 0 Å². The van der Waals surface area contributed by atoms with E-state index in [1.165, 1.54) is 11.3 Å². The summed E-state index contributed by atoms with van der Waals surface area (Å²) in [5.74, 6) is -0.504. The smallest absolute Gasteiger partial charge is 0.268 e. The normalized spacial score (nSPS) is 13.3. The van der Waals surface area contributed by atoms with Crippen molar-refractivity contribution in [2.24, 2.45) is 5.73 Å². The van der Waals surface area contributed by atoms with Gasteiger partial charge in [-0.25, -0.2) is 4.98 Å². The van der Waals surface area contributed by atoms with Crippen LogP contribution in [0.25, 0.3) is 0 Å². The van der Waals surface area contributed by atoms with Crippen molar-refractivity contribution in [1.29, 1.82) is 0 Å². The van der Waals surface area contributed by atoms with Gasteiger partial charge in [-0.05, 0) is 49.0 Å². The summed E-state index contributed by atoms with van der Waals surface area (Å²) in [7, 11) is 2.23. The fraction of sp³-hybridized carbons (Fsp3) is 0.565. The minimum atomic E-state index is -1.93. The van der Waals surface area contributed by atoms with E-state index in [0.717, 1.165) is 19.3 Å². The number of carbonyl (C=O) groups excluding carboxylic acids is 1. The molecule has 1 amide bonds. The number of hydrogen-bond donors (Lipinski definition) is 1. The Bertz CT molecular complexity index is 840. The summed E-state index contributed by atoms with van der Waals surface area (Å²) in [6.07, 6.45) is 6.42. The van der Waals surface area contributed by atoms with Crippen LogP contribution in [0.2, 0.25) is 18.1 Å². The molecule has 1 aromatic heterocycles. The second-order valence-corrected chi connectivity index (χ2v) is 14.5. The van der Waals surface area contributed by atoms with Gasteiger partial charge in [0.25, 0.3) is 5.91 Å². The summed E-state index contributed by atoms with van der Waals surface area (Å²) < 4.78 is 8.68. The molecule has 2 rings (SSSR count). The molecule has 0 aliphatic heterocycles. The zero-order valence-corrected chi connectivity index (χ0v) is 20.6. The van der Waals surface area contributed by atoms with E-state index in [1.54, 1.807) is 12.5 Å². The standard InChI is InChI=1S/C23H38N4O2Si/c1-23(2,3)30(6,7)29-19(15-27-16-20(22(24)28)25-17-27)13-10-12-18-11-8-9-14-21(18)26(4)5/h8-9,11,14,16-17,19H,10,12-13,15H2,1-7H3,(H2,24,28)/t19-/m0/s1. The van der Waals surface area contributed by atoms with Gasteiger partial charge in [-0.15, -0.1) is 0 Å². The van der Waals surface area contributed by atoms with Crippen molar-refractivity contribution < 1.29 is 9.22 Å². The van der Waals surface area contributed by atoms with Crippen LogP contribution in [-0.2, 0) is 17.4 Å². The van der Waals surface area contributed by atoms with Gasteiger partial charge in [0.15, 0.2) is 8.32 Å². The van der Waals surface area contributed by atoms with E-state index in [0.29, 0.717) is 12.2 Å². The Balaban J connectivity index is 2.11. The Labute approximate surface area is 182 Å². The maximum absolute atomic E-state index is 11.4. The molecule has 0 aliphatic carbocycles. The first kappa shape index (κ1) is 24.1. The lowest BCUT2D eigenvalue weighted by Crippen LogP contribution is -2.45. The molecular formula is C23H38N4O2Si. The lowest BCUT2D eigenvalue weighted by molar-refractivity contribution is 0.0995. The molecule has 0 aliphatic rings. The Morgan fingerprint density at radius 1 is 1.27 bits per heavy atom. The van der Waals surface area contributed by atoms with Crippen molar-refractivity contribution in [1.82, 2.24) is 9.55 Å². The minimum Gasteiger partial charge on any atom is -0.412 e. The number of hydrogen-bond acceptors (Lipinski definition) is 4. The maximum Gasteiger partial charge on any atom is 0.268 e. The van der Waals surface area contributed by atoms with Gasteiger partial charge < -0.3 is 19.6 Å². The molecule has 0 saturated heterocycles. The zero-order valence-electron chi connectivity index (χ0n) is 19.6. The SMILES string of the molecule is CN(C)c1ccccc1CCC[C@@H](Cn1cnc(C(N)=O)c1)O[Si](C)(C)C(C)(C)C. The van der Waals surface area contributed by atoms with Crippen LogP contribution in [0.1, 0.15) is 49.7 Å². The molecule has 30 heavy (non-hydrogen) atoms. The van der Waals surface area contributed by atoms with Gasteiger partial charge >= 0.3 is 0 Å². The highest BCUT2D eigenvalue weighted by Crippen LogP contribution is 2.38. The maximum atomic E-state index is 11.4. The van der Waals surface area contributed by atoms with Gasteiger partial charge in [0.05, 0.1) is 12.4 Å². The van der Waals surface area contributed by atoms with Crippen LogP contribution in [0.3, 0.4) is 0 Å². The third-order valence-corrected chi connectivity index (χ3v) is 10.5. The second-order valence-electron chi connectivity index (χ2n) is 9.74. The van der Waals surface area contributed by atoms with Crippen LogP contribution in [0.5, 0.6) is 0 Å². The predicted molar refractivity (Wildman–Crippen MR) is 127 cm³/mol. The highest BCUT2D eigenvalue weighted by atomic mass is 28.4. The molecule has 2 N–H and O–H groups in total. The molecule has 0 spiro atoms. The fourth-order valence-corrected chi connectivity index (χ4v) is 4.66. The molecule has 1 heterocycles. The number of aryl methyl sites for hydroxylation is 1. The van der Waals surface area contributed by atoms with Crippen molar-refractivity contribution in [3.05, 3.63) is 48.0 Å². The van der Waals surface area contributed by atoms with Crippen LogP contribution >= 0.6 is 0 Å². The molecule has 0 fully saturated rings. The van der Waals surface area contributed by atoms with Gasteiger partial charge in [0.2, 0.25) is 0 Å². The number of aromatic nitrogens is 2. The average molecular weight is 431 g/mol. The largest absolute Gasteiger partial charge is 0.412 e. The zero-order chi connectivity index (χ0) is 22.5. The first-order chi connectivity index (χ1) is 13.9. The molecule has 0 saturated carbocycles. The number of para-hydroxylation sites is 1. The van der Waals surface area contributed by atoms with Crippen LogP contribution in [-0.4, -0.2) is 44.0 Å². The number of primary amides is 1. The fourth-order valence-electron chi connectivity index (χ4n) is 3.28. The summed E-state index contributed by atoms with van der Waals surface area (Å²) >= 11 is 0. The van der Waals surface area contributed by atoms with Gasteiger partial charge in [0.1, 0.15) is 5.69 Å². The van der Waals surface area contributed by atoms with E-state index in [-0.39, 0.29) is 11.1 Å². The summed E-state index contributed by atoms with van der Waals surface area (Å²) in [6, 6.07) is 8.55. The van der Waals surface area contributed by atoms with Gasteiger partial charge in [-0.1, -0.05) is 39.0 Å². The summed E-state index contributed by atoms with van der Waals surface area (Å²) in [5.41, 5.74) is 8.27. The molecule has 0 unspecified atom stereocenters. The Hall–Kier alpha value is -2.12. The number of nitrogens with zero attached hydrogens (tertiary/aromatic N) is 3. The Morgan fingerprint density at radius 2 is 1.93 bits per heavy atom. The quantitative estimate of drug-likeness (QED) is 0.565. The first-order valence-corrected chi connectivity index (χ1v) is 13.6. The van der Waals surface area contributed by atoms with Crippen molar-refractivity contribution >= 4 is 19.9 Å². The van der Waals surface area contributed by atoms with Gasteiger partial charge in [-0.3, -0.25) is 4.79 Å². The monoisotopic (exact) mass is 430 g/mol. The Kier molecular flexibility index (Phi) is 7.88. The molecule has 2 aromatic rings. The third-order valence-electron chi connectivity index (χ3n) is 6.01. The van der Waals surface area contributed by atoms with Crippen LogP contribution in [0.15, 0.2) is 36.8 Å². The van der Waals surface area contributed by atoms with E-state index in [2.05, 4.69) is 82.1 Å². The number of carbonyl (C=O) groups is 1. The molecule has 166 valence electrons. The highest BCUT2D eigenvalue weighted by Gasteiger charge is 2.39. The number of imidazole rings is 1. The summed E-state index contributed by atoms with van der Waals surface area (Å²) in [5, 5.41) is 0.135. The van der Waals surface area contributed by atoms with Gasteiger partial charge in [0, 0.05) is 32.5 Å². The minimum absolute atomic E-state index is 0.0623.